The number of ether oxygens (including phenoxy) is 1. The van der Waals surface area contributed by atoms with E-state index in [1.54, 1.807) is 7.11 Å². The molecule has 1 aliphatic carbocycles. The van der Waals surface area contributed by atoms with Crippen molar-refractivity contribution >= 4 is 0 Å². The smallest absolute Gasteiger partial charge is 0.119 e. The molecule has 1 aliphatic heterocycles. The van der Waals surface area contributed by atoms with E-state index in [-0.39, 0.29) is 5.54 Å². The van der Waals surface area contributed by atoms with Crippen LogP contribution in [-0.2, 0) is 5.54 Å². The molecule has 1 heterocycles. The third-order valence-corrected chi connectivity index (χ3v) is 3.83. The Morgan fingerprint density at radius 3 is 3.00 bits per heavy atom. The van der Waals surface area contributed by atoms with Crippen molar-refractivity contribution < 1.29 is 4.74 Å². The summed E-state index contributed by atoms with van der Waals surface area (Å²) in [6.07, 6.45) is 2.61. The Kier molecular flexibility index (Phi) is 1.84. The minimum absolute atomic E-state index is 0.286. The molecule has 0 spiro atoms. The van der Waals surface area contributed by atoms with Crippen LogP contribution in [0.3, 0.4) is 0 Å². The number of nitrogens with one attached hydrogen (secondary N) is 1. The van der Waals surface area contributed by atoms with Gasteiger partial charge in [-0.25, -0.2) is 0 Å². The maximum absolute atomic E-state index is 5.28. The van der Waals surface area contributed by atoms with E-state index in [0.717, 1.165) is 11.7 Å². The average Bonchev–Trinajstić information content (AvgIpc) is 2.83. The average molecular weight is 203 g/mol. The highest BCUT2D eigenvalue weighted by atomic mass is 16.5. The molecule has 2 nitrogen and oxygen atoms in total. The first kappa shape index (κ1) is 9.22. The van der Waals surface area contributed by atoms with Crippen LogP contribution in [0.2, 0.25) is 0 Å². The number of piperidine rings is 1. The first-order valence-electron chi connectivity index (χ1n) is 5.67. The van der Waals surface area contributed by atoms with Gasteiger partial charge in [0, 0.05) is 11.6 Å². The molecule has 2 heteroatoms. The van der Waals surface area contributed by atoms with Crippen LogP contribution >= 0.6 is 0 Å². The number of hydrogen-bond acceptors (Lipinski definition) is 2. The summed E-state index contributed by atoms with van der Waals surface area (Å²) in [5, 5.41) is 3.72. The fraction of sp³-hybridized carbons (Fsp3) is 0.538. The van der Waals surface area contributed by atoms with E-state index < -0.39 is 0 Å². The summed E-state index contributed by atoms with van der Waals surface area (Å²) in [7, 11) is 1.73. The zero-order valence-electron chi connectivity index (χ0n) is 9.29. The van der Waals surface area contributed by atoms with Crippen molar-refractivity contribution in [3.8, 4) is 5.75 Å². The number of hydrogen-bond donors (Lipinski definition) is 1. The lowest BCUT2D eigenvalue weighted by Crippen LogP contribution is -2.31. The molecule has 0 aromatic heterocycles. The summed E-state index contributed by atoms with van der Waals surface area (Å²) in [4.78, 5) is 0. The Balaban J connectivity index is 1.93. The van der Waals surface area contributed by atoms with Crippen LogP contribution in [0.15, 0.2) is 24.3 Å². The minimum Gasteiger partial charge on any atom is -0.497 e. The maximum atomic E-state index is 5.28. The second-order valence-corrected chi connectivity index (χ2v) is 4.89. The second kappa shape index (κ2) is 2.99. The fourth-order valence-electron chi connectivity index (χ4n) is 3.05. The van der Waals surface area contributed by atoms with Crippen LogP contribution < -0.4 is 10.1 Å². The van der Waals surface area contributed by atoms with Gasteiger partial charge in [0.1, 0.15) is 5.75 Å². The Hall–Kier alpha value is -1.02. The summed E-state index contributed by atoms with van der Waals surface area (Å²) in [6.45, 7) is 2.27. The third kappa shape index (κ3) is 1.28. The molecule has 0 bridgehead atoms. The van der Waals surface area contributed by atoms with Crippen molar-refractivity contribution in [3.05, 3.63) is 29.8 Å². The van der Waals surface area contributed by atoms with Gasteiger partial charge in [0.05, 0.1) is 7.11 Å². The zero-order valence-corrected chi connectivity index (χ0v) is 9.29. The molecule has 0 radical (unpaired) electrons. The van der Waals surface area contributed by atoms with Crippen LogP contribution in [0.4, 0.5) is 0 Å². The first-order chi connectivity index (χ1) is 7.24. The lowest BCUT2D eigenvalue weighted by atomic mass is 10.0. The topological polar surface area (TPSA) is 21.3 Å². The number of rotatable bonds is 2. The molecule has 3 atom stereocenters. The number of benzene rings is 1. The molecule has 2 fully saturated rings. The monoisotopic (exact) mass is 203 g/mol. The first-order valence-corrected chi connectivity index (χ1v) is 5.67. The van der Waals surface area contributed by atoms with E-state index in [2.05, 4.69) is 30.4 Å². The van der Waals surface area contributed by atoms with Gasteiger partial charge >= 0.3 is 0 Å². The number of methoxy groups -OCH3 is 1. The van der Waals surface area contributed by atoms with Gasteiger partial charge in [0.15, 0.2) is 0 Å². The molecular weight excluding hydrogens is 186 g/mol. The van der Waals surface area contributed by atoms with Crippen molar-refractivity contribution in [2.24, 2.45) is 5.92 Å². The van der Waals surface area contributed by atoms with Crippen LogP contribution in [-0.4, -0.2) is 13.2 Å². The second-order valence-electron chi connectivity index (χ2n) is 4.89. The van der Waals surface area contributed by atoms with Crippen LogP contribution in [0.1, 0.15) is 25.3 Å². The molecule has 1 aromatic rings. The van der Waals surface area contributed by atoms with Crippen LogP contribution in [0.5, 0.6) is 5.75 Å². The quantitative estimate of drug-likeness (QED) is 0.796. The van der Waals surface area contributed by atoms with Gasteiger partial charge in [-0.05, 0) is 43.4 Å². The lowest BCUT2D eigenvalue weighted by molar-refractivity contribution is 0.412. The van der Waals surface area contributed by atoms with E-state index in [0.29, 0.717) is 6.04 Å². The summed E-state index contributed by atoms with van der Waals surface area (Å²) < 4.78 is 5.28. The van der Waals surface area contributed by atoms with E-state index in [1.807, 2.05) is 6.07 Å². The number of fused-ring (bicyclic) bond motifs is 1. The van der Waals surface area contributed by atoms with E-state index in [1.165, 1.54) is 18.4 Å². The molecular formula is C13H17NO. The highest BCUT2D eigenvalue weighted by molar-refractivity contribution is 5.40. The predicted octanol–water partition coefficient (Wildman–Crippen LogP) is 2.29. The Labute approximate surface area is 90.6 Å². The Morgan fingerprint density at radius 1 is 1.47 bits per heavy atom. The molecule has 15 heavy (non-hydrogen) atoms. The van der Waals surface area contributed by atoms with Crippen molar-refractivity contribution in [2.45, 2.75) is 31.3 Å². The molecule has 2 aliphatic rings. The van der Waals surface area contributed by atoms with Crippen LogP contribution in [0.25, 0.3) is 0 Å². The van der Waals surface area contributed by atoms with Gasteiger partial charge in [0.2, 0.25) is 0 Å². The fourth-order valence-corrected chi connectivity index (χ4v) is 3.05. The van der Waals surface area contributed by atoms with Gasteiger partial charge in [-0.15, -0.1) is 0 Å². The highest BCUT2D eigenvalue weighted by Gasteiger charge is 2.60. The van der Waals surface area contributed by atoms with Gasteiger partial charge in [-0.2, -0.15) is 0 Å². The van der Waals surface area contributed by atoms with Gasteiger partial charge in [-0.3, -0.25) is 0 Å². The Morgan fingerprint density at radius 2 is 2.33 bits per heavy atom. The molecule has 1 saturated heterocycles. The Bertz CT molecular complexity index is 390. The van der Waals surface area contributed by atoms with E-state index in [4.69, 9.17) is 4.74 Å². The normalized spacial score (nSPS) is 37.5. The SMILES string of the molecule is COc1cccc(C23CC2CC(C)N3)c1. The summed E-state index contributed by atoms with van der Waals surface area (Å²) in [6, 6.07) is 9.15. The van der Waals surface area contributed by atoms with Gasteiger partial charge < -0.3 is 10.1 Å². The van der Waals surface area contributed by atoms with Gasteiger partial charge in [-0.1, -0.05) is 12.1 Å². The zero-order chi connectivity index (χ0) is 10.5. The molecule has 1 N–H and O–H groups in total. The third-order valence-electron chi connectivity index (χ3n) is 3.83. The molecule has 3 rings (SSSR count). The highest BCUT2D eigenvalue weighted by Crippen LogP contribution is 2.58. The van der Waals surface area contributed by atoms with Crippen molar-refractivity contribution in [3.63, 3.8) is 0 Å². The van der Waals surface area contributed by atoms with E-state index in [9.17, 15) is 0 Å². The predicted molar refractivity (Wildman–Crippen MR) is 60.0 cm³/mol. The van der Waals surface area contributed by atoms with E-state index >= 15 is 0 Å². The summed E-state index contributed by atoms with van der Waals surface area (Å²) >= 11 is 0. The lowest BCUT2D eigenvalue weighted by Gasteiger charge is -2.17. The van der Waals surface area contributed by atoms with Crippen molar-refractivity contribution in [1.29, 1.82) is 0 Å². The largest absolute Gasteiger partial charge is 0.497 e. The van der Waals surface area contributed by atoms with Crippen molar-refractivity contribution in [1.82, 2.24) is 5.32 Å². The standard InChI is InChI=1S/C13H17NO/c1-9-6-11-8-13(11,14-9)10-4-3-5-12(7-10)15-2/h3-5,7,9,11,14H,6,8H2,1-2H3. The molecule has 80 valence electrons. The summed E-state index contributed by atoms with van der Waals surface area (Å²) in [5.74, 6) is 1.81. The minimum atomic E-state index is 0.286. The molecule has 0 amide bonds. The molecule has 1 aromatic carbocycles. The summed E-state index contributed by atoms with van der Waals surface area (Å²) in [5.41, 5.74) is 1.68. The van der Waals surface area contributed by atoms with Crippen molar-refractivity contribution in [2.75, 3.05) is 7.11 Å². The molecule has 1 saturated carbocycles. The van der Waals surface area contributed by atoms with Gasteiger partial charge in [0.25, 0.3) is 0 Å². The maximum Gasteiger partial charge on any atom is 0.119 e. The van der Waals surface area contributed by atoms with Crippen LogP contribution in [0, 0.1) is 5.92 Å². The molecule has 3 unspecified atom stereocenters.